The zero-order chi connectivity index (χ0) is 10.8. The Morgan fingerprint density at radius 3 is 1.64 bits per heavy atom. The fraction of sp³-hybridized carbons (Fsp3) is 0.333. The Hall–Kier alpha value is -2.12. The Bertz CT molecular complexity index is 224. The summed E-state index contributed by atoms with van der Waals surface area (Å²) >= 11 is 0. The highest BCUT2D eigenvalue weighted by Crippen LogP contribution is 1.76. The molecule has 0 atom stereocenters. The van der Waals surface area contributed by atoms with Gasteiger partial charge in [0.15, 0.2) is 0 Å². The largest absolute Gasteiger partial charge is 0.433 e. The van der Waals surface area contributed by atoms with E-state index in [4.69, 9.17) is 0 Å². The van der Waals surface area contributed by atoms with E-state index in [2.05, 4.69) is 30.6 Å². The van der Waals surface area contributed by atoms with Crippen molar-refractivity contribution in [3.8, 4) is 0 Å². The van der Waals surface area contributed by atoms with Gasteiger partial charge in [-0.25, -0.2) is 9.59 Å². The lowest BCUT2D eigenvalue weighted by atomic mass is 10.8. The van der Waals surface area contributed by atoms with Crippen LogP contribution in [0.15, 0.2) is 10.3 Å². The fourth-order valence-corrected chi connectivity index (χ4v) is 0.302. The number of carbonyl (C=O) groups excluding carboxylic acids is 2. The summed E-state index contributed by atoms with van der Waals surface area (Å²) in [6.45, 7) is 0. The van der Waals surface area contributed by atoms with Gasteiger partial charge >= 0.3 is 12.2 Å². The van der Waals surface area contributed by atoms with Gasteiger partial charge in [-0.2, -0.15) is 0 Å². The number of carbonyl (C=O) groups is 2. The first kappa shape index (κ1) is 11.9. The maximum Gasteiger partial charge on any atom is 0.433 e. The monoisotopic (exact) mass is 202 g/mol. The average Bonchev–Trinajstić information content (AvgIpc) is 2.22. The van der Waals surface area contributed by atoms with Gasteiger partial charge < -0.3 is 10.6 Å². The highest BCUT2D eigenvalue weighted by molar-refractivity contribution is 6.15. The van der Waals surface area contributed by atoms with Crippen LogP contribution in [0.3, 0.4) is 0 Å². The molecule has 0 aliphatic rings. The number of nitrogens with zero attached hydrogens (tertiary/aromatic N) is 2. The third-order valence-corrected chi connectivity index (χ3v) is 0.868. The molecule has 0 saturated heterocycles. The third kappa shape index (κ3) is 6.58. The number of hydrogen-bond donors (Lipinski definition) is 2. The molecule has 8 nitrogen and oxygen atoms in total. The molecule has 2 amide bonds. The molecule has 0 aliphatic heterocycles. The maximum absolute atomic E-state index is 10.4. The van der Waals surface area contributed by atoms with E-state index in [0.717, 1.165) is 12.4 Å². The van der Waals surface area contributed by atoms with Gasteiger partial charge in [-0.05, 0) is 0 Å². The highest BCUT2D eigenvalue weighted by Gasteiger charge is 1.93. The van der Waals surface area contributed by atoms with E-state index in [1.165, 1.54) is 14.1 Å². The van der Waals surface area contributed by atoms with Gasteiger partial charge in [0.1, 0.15) is 0 Å². The van der Waals surface area contributed by atoms with E-state index in [-0.39, 0.29) is 0 Å². The number of hydrogen-bond acceptors (Lipinski definition) is 6. The van der Waals surface area contributed by atoms with Gasteiger partial charge in [0.25, 0.3) is 0 Å². The quantitative estimate of drug-likeness (QED) is 0.371. The molecular weight excluding hydrogens is 192 g/mol. The minimum atomic E-state index is -0.707. The molecule has 8 heteroatoms. The molecule has 0 aliphatic carbocycles. The van der Waals surface area contributed by atoms with Gasteiger partial charge in [0, 0.05) is 14.1 Å². The summed E-state index contributed by atoms with van der Waals surface area (Å²) in [6.07, 6.45) is 0.667. The van der Waals surface area contributed by atoms with Crippen molar-refractivity contribution in [2.75, 3.05) is 14.1 Å². The molecule has 0 aromatic heterocycles. The van der Waals surface area contributed by atoms with E-state index >= 15 is 0 Å². The number of amides is 2. The van der Waals surface area contributed by atoms with Crippen molar-refractivity contribution in [3.63, 3.8) is 0 Å². The zero-order valence-electron chi connectivity index (χ0n) is 7.68. The summed E-state index contributed by atoms with van der Waals surface area (Å²) in [5.41, 5.74) is 0. The summed E-state index contributed by atoms with van der Waals surface area (Å²) in [6, 6.07) is 0. The lowest BCUT2D eigenvalue weighted by Gasteiger charge is -1.92. The summed E-state index contributed by atoms with van der Waals surface area (Å²) in [5, 5.41) is 10.7. The molecule has 0 aromatic rings. The number of nitrogens with one attached hydrogen (secondary N) is 2. The van der Waals surface area contributed by atoms with Crippen LogP contribution in [-0.4, -0.2) is 38.7 Å². The van der Waals surface area contributed by atoms with Gasteiger partial charge in [-0.15, -0.1) is 0 Å². The van der Waals surface area contributed by atoms with Crippen LogP contribution in [0.4, 0.5) is 9.59 Å². The van der Waals surface area contributed by atoms with Crippen LogP contribution in [0.25, 0.3) is 0 Å². The van der Waals surface area contributed by atoms with E-state index in [9.17, 15) is 9.59 Å². The Balaban J connectivity index is 3.60. The molecule has 0 fully saturated rings. The van der Waals surface area contributed by atoms with E-state index in [1.807, 2.05) is 0 Å². The van der Waals surface area contributed by atoms with Crippen molar-refractivity contribution in [2.45, 2.75) is 0 Å². The Morgan fingerprint density at radius 2 is 1.36 bits per heavy atom. The predicted molar refractivity (Wildman–Crippen MR) is 48.1 cm³/mol. The van der Waals surface area contributed by atoms with Crippen molar-refractivity contribution in [3.05, 3.63) is 0 Å². The fourth-order valence-electron chi connectivity index (χ4n) is 0.302. The second-order valence-electron chi connectivity index (χ2n) is 1.77. The minimum Gasteiger partial charge on any atom is -0.323 e. The molecule has 78 valence electrons. The van der Waals surface area contributed by atoms with E-state index in [0.29, 0.717) is 0 Å². The van der Waals surface area contributed by atoms with Crippen LogP contribution >= 0.6 is 0 Å². The molecule has 0 spiro atoms. The van der Waals surface area contributed by atoms with E-state index in [1.54, 1.807) is 0 Å². The van der Waals surface area contributed by atoms with Gasteiger partial charge in [-0.1, -0.05) is 10.3 Å². The second kappa shape index (κ2) is 7.53. The van der Waals surface area contributed by atoms with Crippen LogP contribution in [0.1, 0.15) is 0 Å². The van der Waals surface area contributed by atoms with Crippen LogP contribution in [0, 0.1) is 0 Å². The highest BCUT2D eigenvalue weighted by atomic mass is 16.7. The minimum absolute atomic E-state index is 0.707. The predicted octanol–water partition coefficient (Wildman–Crippen LogP) is -0.330. The van der Waals surface area contributed by atoms with Crippen molar-refractivity contribution in [1.29, 1.82) is 0 Å². The van der Waals surface area contributed by atoms with Gasteiger partial charge in [0.05, 0.1) is 12.4 Å². The molecule has 0 heterocycles. The van der Waals surface area contributed by atoms with Crippen molar-refractivity contribution < 1.29 is 19.3 Å². The zero-order valence-corrected chi connectivity index (χ0v) is 7.68. The molecule has 0 unspecified atom stereocenters. The first-order valence-corrected chi connectivity index (χ1v) is 3.53. The standard InChI is InChI=1S/C6H10N4O4/c1-7-5(11)13-9-3-4-10-14-6(12)8-2/h3-4H,1-2H3,(H,7,11)(H,8,12)/b9-3-,10-4+. The first-order chi connectivity index (χ1) is 6.70. The smallest absolute Gasteiger partial charge is 0.323 e. The molecule has 0 saturated carbocycles. The molecule has 0 radical (unpaired) electrons. The normalized spacial score (nSPS) is 10.1. The van der Waals surface area contributed by atoms with Crippen LogP contribution in [0.2, 0.25) is 0 Å². The molecular formula is C6H10N4O4. The second-order valence-corrected chi connectivity index (χ2v) is 1.77. The Kier molecular flexibility index (Phi) is 6.39. The number of rotatable bonds is 3. The SMILES string of the molecule is CNC(=O)O/N=C\C=N\OC(=O)NC. The molecule has 2 N–H and O–H groups in total. The average molecular weight is 202 g/mol. The van der Waals surface area contributed by atoms with Crippen molar-refractivity contribution in [1.82, 2.24) is 10.6 Å². The summed E-state index contributed by atoms with van der Waals surface area (Å²) in [4.78, 5) is 29.2. The molecule has 0 aromatic carbocycles. The maximum atomic E-state index is 10.4. The summed E-state index contributed by atoms with van der Waals surface area (Å²) in [5.74, 6) is 0. The molecule has 0 rings (SSSR count). The lowest BCUT2D eigenvalue weighted by Crippen LogP contribution is -2.17. The Labute approximate surface area is 79.9 Å². The summed E-state index contributed by atoms with van der Waals surface area (Å²) in [7, 11) is 2.78. The van der Waals surface area contributed by atoms with Crippen molar-refractivity contribution >= 4 is 24.6 Å². The number of oxime groups is 2. The lowest BCUT2D eigenvalue weighted by molar-refractivity contribution is 0.152. The van der Waals surface area contributed by atoms with Crippen LogP contribution in [-0.2, 0) is 9.68 Å². The summed E-state index contributed by atoms with van der Waals surface area (Å²) < 4.78 is 0. The van der Waals surface area contributed by atoms with Gasteiger partial charge in [-0.3, -0.25) is 9.68 Å². The third-order valence-electron chi connectivity index (χ3n) is 0.868. The molecule has 0 bridgehead atoms. The Morgan fingerprint density at radius 1 is 1.00 bits per heavy atom. The molecule has 14 heavy (non-hydrogen) atoms. The van der Waals surface area contributed by atoms with E-state index < -0.39 is 12.2 Å². The first-order valence-electron chi connectivity index (χ1n) is 3.53. The van der Waals surface area contributed by atoms with Crippen LogP contribution < -0.4 is 10.6 Å². The van der Waals surface area contributed by atoms with Gasteiger partial charge in [0.2, 0.25) is 0 Å². The topological polar surface area (TPSA) is 101 Å². The van der Waals surface area contributed by atoms with Crippen molar-refractivity contribution in [2.24, 2.45) is 10.3 Å². The van der Waals surface area contributed by atoms with Crippen LogP contribution in [0.5, 0.6) is 0 Å².